The van der Waals surface area contributed by atoms with Gasteiger partial charge in [0.15, 0.2) is 11.5 Å². The maximum atomic E-state index is 13.3. The van der Waals surface area contributed by atoms with Crippen LogP contribution in [-0.2, 0) is 16.1 Å². The molecule has 0 radical (unpaired) electrons. The third-order valence-corrected chi connectivity index (χ3v) is 5.45. The summed E-state index contributed by atoms with van der Waals surface area (Å²) in [6.45, 7) is 6.78. The largest absolute Gasteiger partial charge is 0.454 e. The molecule has 2 heterocycles. The van der Waals surface area contributed by atoms with E-state index in [0.29, 0.717) is 44.3 Å². The number of ether oxygens (including phenoxy) is 3. The van der Waals surface area contributed by atoms with Gasteiger partial charge in [-0.05, 0) is 41.8 Å². The molecule has 2 aromatic rings. The Labute approximate surface area is 193 Å². The lowest BCUT2D eigenvalue weighted by Gasteiger charge is -2.27. The lowest BCUT2D eigenvalue weighted by atomic mass is 10.0. The van der Waals surface area contributed by atoms with E-state index in [1.807, 2.05) is 18.2 Å². The van der Waals surface area contributed by atoms with E-state index in [1.54, 1.807) is 12.1 Å². The van der Waals surface area contributed by atoms with Crippen molar-refractivity contribution >= 4 is 5.71 Å². The fraction of sp³-hybridized carbons (Fsp3) is 0.480. The number of hydrogen-bond donors (Lipinski definition) is 1. The molecule has 178 valence electrons. The molecule has 0 saturated carbocycles. The second-order valence-electron chi connectivity index (χ2n) is 8.94. The van der Waals surface area contributed by atoms with Crippen LogP contribution >= 0.6 is 0 Å². The lowest BCUT2D eigenvalue weighted by molar-refractivity contribution is -0.00734. The zero-order chi connectivity index (χ0) is 23.2. The minimum atomic E-state index is -0.639. The van der Waals surface area contributed by atoms with Crippen molar-refractivity contribution in [1.82, 2.24) is 4.90 Å². The van der Waals surface area contributed by atoms with Crippen molar-refractivity contribution in [2.45, 2.75) is 39.0 Å². The standard InChI is InChI=1S/C25H31FN2O5/c1-17(2)14-30-15-21(29)12-28(11-18-3-6-20(26)7-4-18)13-22-10-23(27-33-22)19-5-8-24-25(9-19)32-16-31-24/h3-9,17,21-22,29H,10-16H2,1-2H3/t21-,22-/m0/s1. The molecule has 0 spiro atoms. The molecule has 33 heavy (non-hydrogen) atoms. The number of rotatable bonds is 11. The smallest absolute Gasteiger partial charge is 0.231 e. The summed E-state index contributed by atoms with van der Waals surface area (Å²) in [5.74, 6) is 1.58. The molecule has 8 heteroatoms. The normalized spacial score (nSPS) is 18.0. The van der Waals surface area contributed by atoms with Crippen molar-refractivity contribution < 1.29 is 28.5 Å². The predicted molar refractivity (Wildman–Crippen MR) is 122 cm³/mol. The van der Waals surface area contributed by atoms with E-state index in [9.17, 15) is 9.50 Å². The fourth-order valence-electron chi connectivity index (χ4n) is 3.90. The van der Waals surface area contributed by atoms with Crippen molar-refractivity contribution in [3.05, 3.63) is 59.4 Å². The summed E-state index contributed by atoms with van der Waals surface area (Å²) in [6, 6.07) is 12.2. The Kier molecular flexibility index (Phi) is 7.80. The summed E-state index contributed by atoms with van der Waals surface area (Å²) < 4.78 is 29.8. The highest BCUT2D eigenvalue weighted by Gasteiger charge is 2.27. The van der Waals surface area contributed by atoms with Crippen LogP contribution in [0.4, 0.5) is 4.39 Å². The van der Waals surface area contributed by atoms with E-state index in [2.05, 4.69) is 23.9 Å². The summed E-state index contributed by atoms with van der Waals surface area (Å²) in [7, 11) is 0. The van der Waals surface area contributed by atoms with Crippen LogP contribution in [-0.4, -0.2) is 61.0 Å². The first kappa shape index (κ1) is 23.5. The first-order valence-corrected chi connectivity index (χ1v) is 11.3. The molecule has 7 nitrogen and oxygen atoms in total. The molecule has 0 fully saturated rings. The second-order valence-corrected chi connectivity index (χ2v) is 8.94. The van der Waals surface area contributed by atoms with Gasteiger partial charge in [-0.1, -0.05) is 31.1 Å². The molecule has 4 rings (SSSR count). The van der Waals surface area contributed by atoms with Gasteiger partial charge in [-0.25, -0.2) is 4.39 Å². The predicted octanol–water partition coefficient (Wildman–Crippen LogP) is 3.58. The van der Waals surface area contributed by atoms with Crippen molar-refractivity contribution in [3.63, 3.8) is 0 Å². The summed E-state index contributed by atoms with van der Waals surface area (Å²) in [4.78, 5) is 7.82. The second kappa shape index (κ2) is 11.0. The highest BCUT2D eigenvalue weighted by molar-refractivity contribution is 6.01. The topological polar surface area (TPSA) is 72.8 Å². The van der Waals surface area contributed by atoms with Gasteiger partial charge in [-0.15, -0.1) is 0 Å². The molecule has 0 amide bonds. The van der Waals surface area contributed by atoms with E-state index in [0.717, 1.165) is 22.6 Å². The molecule has 1 N–H and O–H groups in total. The van der Waals surface area contributed by atoms with Gasteiger partial charge in [0, 0.05) is 38.2 Å². The van der Waals surface area contributed by atoms with Crippen LogP contribution in [0.3, 0.4) is 0 Å². The van der Waals surface area contributed by atoms with Crippen LogP contribution in [0, 0.1) is 11.7 Å². The van der Waals surface area contributed by atoms with Gasteiger partial charge < -0.3 is 24.2 Å². The monoisotopic (exact) mass is 458 g/mol. The minimum Gasteiger partial charge on any atom is -0.454 e. The Morgan fingerprint density at radius 2 is 1.91 bits per heavy atom. The van der Waals surface area contributed by atoms with Crippen molar-refractivity contribution in [2.75, 3.05) is 33.1 Å². The Morgan fingerprint density at radius 1 is 1.12 bits per heavy atom. The van der Waals surface area contributed by atoms with Crippen LogP contribution in [0.1, 0.15) is 31.4 Å². The number of oxime groups is 1. The van der Waals surface area contributed by atoms with Crippen LogP contribution < -0.4 is 9.47 Å². The Balaban J connectivity index is 1.36. The average Bonchev–Trinajstić information content (AvgIpc) is 3.44. The third-order valence-electron chi connectivity index (χ3n) is 5.45. The zero-order valence-electron chi connectivity index (χ0n) is 19.1. The van der Waals surface area contributed by atoms with Crippen LogP contribution in [0.15, 0.2) is 47.6 Å². The van der Waals surface area contributed by atoms with Crippen molar-refractivity contribution in [3.8, 4) is 11.5 Å². The summed E-state index contributed by atoms with van der Waals surface area (Å²) in [5, 5.41) is 14.8. The highest BCUT2D eigenvalue weighted by atomic mass is 19.1. The Hall–Kier alpha value is -2.68. The molecule has 0 aromatic heterocycles. The van der Waals surface area contributed by atoms with Gasteiger partial charge in [-0.2, -0.15) is 0 Å². The highest BCUT2D eigenvalue weighted by Crippen LogP contribution is 2.33. The quantitative estimate of drug-likeness (QED) is 0.555. The summed E-state index contributed by atoms with van der Waals surface area (Å²) in [6.07, 6.45) is -0.158. The first-order valence-electron chi connectivity index (χ1n) is 11.3. The van der Waals surface area contributed by atoms with Gasteiger partial charge in [0.1, 0.15) is 11.9 Å². The van der Waals surface area contributed by atoms with Crippen LogP contribution in [0.5, 0.6) is 11.5 Å². The van der Waals surface area contributed by atoms with Gasteiger partial charge in [0.05, 0.1) is 18.4 Å². The molecule has 0 saturated heterocycles. The van der Waals surface area contributed by atoms with E-state index < -0.39 is 6.10 Å². The molecular formula is C25H31FN2O5. The van der Waals surface area contributed by atoms with Crippen molar-refractivity contribution in [1.29, 1.82) is 0 Å². The van der Waals surface area contributed by atoms with Crippen LogP contribution in [0.25, 0.3) is 0 Å². The lowest BCUT2D eigenvalue weighted by Crippen LogP contribution is -2.39. The van der Waals surface area contributed by atoms with Gasteiger partial charge in [-0.3, -0.25) is 4.90 Å². The minimum absolute atomic E-state index is 0.158. The maximum absolute atomic E-state index is 13.3. The van der Waals surface area contributed by atoms with E-state index in [4.69, 9.17) is 19.0 Å². The summed E-state index contributed by atoms with van der Waals surface area (Å²) >= 11 is 0. The molecule has 2 aliphatic rings. The SMILES string of the molecule is CC(C)COC[C@@H](O)CN(Cc1ccc(F)cc1)C[C@@H]1CC(c2ccc3c(c2)OCO3)=NO1. The van der Waals surface area contributed by atoms with E-state index in [-0.39, 0.29) is 25.3 Å². The molecule has 0 bridgehead atoms. The molecule has 2 aliphatic heterocycles. The first-order chi connectivity index (χ1) is 16.0. The van der Waals surface area contributed by atoms with Gasteiger partial charge >= 0.3 is 0 Å². The van der Waals surface area contributed by atoms with E-state index >= 15 is 0 Å². The number of hydrogen-bond acceptors (Lipinski definition) is 7. The zero-order valence-corrected chi connectivity index (χ0v) is 19.1. The Bertz CT molecular complexity index is 950. The fourth-order valence-corrected chi connectivity index (χ4v) is 3.90. The average molecular weight is 459 g/mol. The maximum Gasteiger partial charge on any atom is 0.231 e. The number of nitrogens with zero attached hydrogens (tertiary/aromatic N) is 2. The summed E-state index contributed by atoms with van der Waals surface area (Å²) in [5.41, 5.74) is 2.75. The molecular weight excluding hydrogens is 427 g/mol. The molecule has 0 unspecified atom stereocenters. The number of aliphatic hydroxyl groups excluding tert-OH is 1. The molecule has 0 aliphatic carbocycles. The van der Waals surface area contributed by atoms with Crippen LogP contribution in [0.2, 0.25) is 0 Å². The number of fused-ring (bicyclic) bond motifs is 1. The Morgan fingerprint density at radius 3 is 2.70 bits per heavy atom. The number of halogens is 1. The number of benzene rings is 2. The van der Waals surface area contributed by atoms with Crippen molar-refractivity contribution in [2.24, 2.45) is 11.1 Å². The van der Waals surface area contributed by atoms with Gasteiger partial charge in [0.2, 0.25) is 6.79 Å². The molecule has 2 atom stereocenters. The molecule has 2 aromatic carbocycles. The van der Waals surface area contributed by atoms with E-state index in [1.165, 1.54) is 12.1 Å². The van der Waals surface area contributed by atoms with Gasteiger partial charge in [0.25, 0.3) is 0 Å². The number of aliphatic hydroxyl groups is 1. The third kappa shape index (κ3) is 6.66.